The number of benzene rings is 1. The molecule has 0 saturated carbocycles. The van der Waals surface area contributed by atoms with Crippen molar-refractivity contribution in [1.29, 1.82) is 0 Å². The maximum absolute atomic E-state index is 14.0. The molecule has 1 aromatic carbocycles. The van der Waals surface area contributed by atoms with Crippen molar-refractivity contribution < 1.29 is 9.13 Å². The fourth-order valence-corrected chi connectivity index (χ4v) is 3.09. The van der Waals surface area contributed by atoms with Crippen LogP contribution in [0.15, 0.2) is 33.7 Å². The monoisotopic (exact) mass is 339 g/mol. The Hall–Kier alpha value is -1.20. The van der Waals surface area contributed by atoms with Gasteiger partial charge in [-0.3, -0.25) is 4.79 Å². The zero-order valence-corrected chi connectivity index (χ0v) is 12.5. The van der Waals surface area contributed by atoms with E-state index in [0.717, 1.165) is 26.1 Å². The first-order valence-electron chi connectivity index (χ1n) is 6.71. The van der Waals surface area contributed by atoms with Crippen molar-refractivity contribution in [2.75, 3.05) is 13.2 Å². The number of rotatable bonds is 3. The average molecular weight is 340 g/mol. The number of hydrogen-bond donors (Lipinski definition) is 0. The smallest absolute Gasteiger partial charge is 0.261 e. The Morgan fingerprint density at radius 1 is 1.45 bits per heavy atom. The number of pyridine rings is 1. The Balaban J connectivity index is 1.92. The normalized spacial score (nSPS) is 18.8. The van der Waals surface area contributed by atoms with E-state index in [9.17, 15) is 9.18 Å². The Labute approximate surface area is 124 Å². The highest BCUT2D eigenvalue weighted by Crippen LogP contribution is 2.21. The molecule has 0 aliphatic carbocycles. The summed E-state index contributed by atoms with van der Waals surface area (Å²) in [6, 6.07) is 4.88. The van der Waals surface area contributed by atoms with E-state index < -0.39 is 5.82 Å². The highest BCUT2D eigenvalue weighted by molar-refractivity contribution is 9.10. The largest absolute Gasteiger partial charge is 0.381 e. The van der Waals surface area contributed by atoms with E-state index in [2.05, 4.69) is 15.9 Å². The molecule has 1 aliphatic rings. The van der Waals surface area contributed by atoms with Crippen LogP contribution >= 0.6 is 15.9 Å². The van der Waals surface area contributed by atoms with Crippen LogP contribution in [0.1, 0.15) is 12.8 Å². The maximum atomic E-state index is 14.0. The lowest BCUT2D eigenvalue weighted by atomic mass is 10.1. The topological polar surface area (TPSA) is 31.2 Å². The predicted molar refractivity (Wildman–Crippen MR) is 79.4 cm³/mol. The van der Waals surface area contributed by atoms with Gasteiger partial charge in [-0.05, 0) is 42.3 Å². The number of ether oxygens (including phenoxy) is 1. The molecule has 0 amide bonds. The van der Waals surface area contributed by atoms with Gasteiger partial charge in [0.25, 0.3) is 5.56 Å². The predicted octanol–water partition coefficient (Wildman–Crippen LogP) is 3.33. The number of halogens is 2. The summed E-state index contributed by atoms with van der Waals surface area (Å²) in [7, 11) is 0. The fraction of sp³-hybridized carbons (Fsp3) is 0.400. The highest BCUT2D eigenvalue weighted by atomic mass is 79.9. The highest BCUT2D eigenvalue weighted by Gasteiger charge is 2.16. The van der Waals surface area contributed by atoms with E-state index in [0.29, 0.717) is 22.3 Å². The maximum Gasteiger partial charge on any atom is 0.261 e. The summed E-state index contributed by atoms with van der Waals surface area (Å²) in [6.45, 7) is 2.18. The Morgan fingerprint density at radius 2 is 2.30 bits per heavy atom. The number of fused-ring (bicyclic) bond motifs is 1. The quantitative estimate of drug-likeness (QED) is 0.858. The molecule has 1 unspecified atom stereocenters. The average Bonchev–Trinajstić information content (AvgIpc) is 2.90. The second kappa shape index (κ2) is 5.66. The first-order valence-corrected chi connectivity index (χ1v) is 7.50. The number of hydrogen-bond acceptors (Lipinski definition) is 2. The first-order chi connectivity index (χ1) is 9.65. The van der Waals surface area contributed by atoms with Crippen molar-refractivity contribution in [2.45, 2.75) is 19.4 Å². The van der Waals surface area contributed by atoms with Crippen LogP contribution in [0.4, 0.5) is 4.39 Å². The molecule has 106 valence electrons. The molecule has 20 heavy (non-hydrogen) atoms. The third-order valence-electron chi connectivity index (χ3n) is 3.80. The van der Waals surface area contributed by atoms with E-state index >= 15 is 0 Å². The molecule has 0 N–H and O–H groups in total. The molecule has 1 atom stereocenters. The molecule has 1 saturated heterocycles. The molecule has 5 heteroatoms. The summed E-state index contributed by atoms with van der Waals surface area (Å²) in [5.41, 5.74) is -0.258. The van der Waals surface area contributed by atoms with E-state index in [1.165, 1.54) is 6.07 Å². The van der Waals surface area contributed by atoms with Crippen molar-refractivity contribution in [3.8, 4) is 0 Å². The lowest BCUT2D eigenvalue weighted by molar-refractivity contribution is 0.183. The lowest BCUT2D eigenvalue weighted by Crippen LogP contribution is -2.21. The number of aryl methyl sites for hydroxylation is 1. The Bertz CT molecular complexity index is 692. The van der Waals surface area contributed by atoms with Gasteiger partial charge in [-0.25, -0.2) is 4.39 Å². The summed E-state index contributed by atoms with van der Waals surface area (Å²) in [6.07, 6.45) is 3.68. The Morgan fingerprint density at radius 3 is 3.05 bits per heavy atom. The van der Waals surface area contributed by atoms with Gasteiger partial charge in [0.05, 0.1) is 5.39 Å². The SMILES string of the molecule is O=c1c2c(F)cc(Br)cc2ccn1CCC1CCOC1. The fourth-order valence-electron chi connectivity index (χ4n) is 2.64. The number of nitrogens with zero attached hydrogens (tertiary/aromatic N) is 1. The van der Waals surface area contributed by atoms with Crippen LogP contribution < -0.4 is 5.56 Å². The van der Waals surface area contributed by atoms with Crippen LogP contribution in [0.2, 0.25) is 0 Å². The van der Waals surface area contributed by atoms with Gasteiger partial charge in [0.15, 0.2) is 0 Å². The molecular formula is C15H15BrFNO2. The lowest BCUT2D eigenvalue weighted by Gasteiger charge is -2.11. The van der Waals surface area contributed by atoms with Crippen LogP contribution in [0, 0.1) is 11.7 Å². The summed E-state index contributed by atoms with van der Waals surface area (Å²) in [4.78, 5) is 12.3. The molecule has 0 spiro atoms. The second-order valence-corrected chi connectivity index (χ2v) is 6.10. The molecule has 1 aromatic heterocycles. The molecule has 2 aromatic rings. The van der Waals surface area contributed by atoms with Gasteiger partial charge in [-0.15, -0.1) is 0 Å². The third-order valence-corrected chi connectivity index (χ3v) is 4.25. The summed E-state index contributed by atoms with van der Waals surface area (Å²) in [5, 5.41) is 0.792. The van der Waals surface area contributed by atoms with Crippen molar-refractivity contribution in [3.05, 3.63) is 45.0 Å². The first kappa shape index (κ1) is 13.8. The van der Waals surface area contributed by atoms with Gasteiger partial charge in [0, 0.05) is 30.4 Å². The minimum absolute atomic E-state index is 0.165. The van der Waals surface area contributed by atoms with Crippen molar-refractivity contribution in [2.24, 2.45) is 5.92 Å². The summed E-state index contributed by atoms with van der Waals surface area (Å²) >= 11 is 3.24. The van der Waals surface area contributed by atoms with Crippen LogP contribution in [-0.4, -0.2) is 17.8 Å². The minimum Gasteiger partial charge on any atom is -0.381 e. The van der Waals surface area contributed by atoms with Gasteiger partial charge in [-0.2, -0.15) is 0 Å². The van der Waals surface area contributed by atoms with Crippen molar-refractivity contribution >= 4 is 26.7 Å². The second-order valence-electron chi connectivity index (χ2n) is 5.18. The van der Waals surface area contributed by atoms with E-state index in [4.69, 9.17) is 4.74 Å². The van der Waals surface area contributed by atoms with Gasteiger partial charge >= 0.3 is 0 Å². The molecule has 1 aliphatic heterocycles. The number of aromatic nitrogens is 1. The zero-order valence-electron chi connectivity index (χ0n) is 10.9. The van der Waals surface area contributed by atoms with Gasteiger partial charge < -0.3 is 9.30 Å². The van der Waals surface area contributed by atoms with Crippen LogP contribution in [-0.2, 0) is 11.3 Å². The minimum atomic E-state index is -0.474. The van der Waals surface area contributed by atoms with E-state index in [-0.39, 0.29) is 10.9 Å². The van der Waals surface area contributed by atoms with Crippen LogP contribution in [0.25, 0.3) is 10.8 Å². The zero-order chi connectivity index (χ0) is 14.1. The van der Waals surface area contributed by atoms with Crippen molar-refractivity contribution in [1.82, 2.24) is 4.57 Å². The van der Waals surface area contributed by atoms with Gasteiger partial charge in [0.1, 0.15) is 5.82 Å². The van der Waals surface area contributed by atoms with Crippen molar-refractivity contribution in [3.63, 3.8) is 0 Å². The third kappa shape index (κ3) is 2.65. The molecule has 0 radical (unpaired) electrons. The summed E-state index contributed by atoms with van der Waals surface area (Å²) < 4.78 is 21.5. The molecule has 0 bridgehead atoms. The van der Waals surface area contributed by atoms with Crippen LogP contribution in [0.5, 0.6) is 0 Å². The molecule has 3 nitrogen and oxygen atoms in total. The van der Waals surface area contributed by atoms with Crippen LogP contribution in [0.3, 0.4) is 0 Å². The Kier molecular flexibility index (Phi) is 3.89. The molecular weight excluding hydrogens is 325 g/mol. The summed E-state index contributed by atoms with van der Waals surface area (Å²) in [5.74, 6) is 0.0327. The van der Waals surface area contributed by atoms with E-state index in [1.807, 2.05) is 0 Å². The van der Waals surface area contributed by atoms with Gasteiger partial charge in [-0.1, -0.05) is 15.9 Å². The molecule has 3 rings (SSSR count). The molecule has 2 heterocycles. The standard InChI is InChI=1S/C15H15BrFNO2/c16-12-7-11-2-5-18(4-1-10-3-6-20-9-10)15(19)14(11)13(17)8-12/h2,5,7-8,10H,1,3-4,6,9H2. The van der Waals surface area contributed by atoms with Gasteiger partial charge in [0.2, 0.25) is 0 Å². The van der Waals surface area contributed by atoms with E-state index in [1.54, 1.807) is 22.9 Å². The molecule has 1 fully saturated rings.